The molecule has 1 fully saturated rings. The molecule has 2 rings (SSSR count). The molecule has 1 aliphatic heterocycles. The lowest BCUT2D eigenvalue weighted by Crippen LogP contribution is -2.40. The summed E-state index contributed by atoms with van der Waals surface area (Å²) in [7, 11) is -3.23. The highest BCUT2D eigenvalue weighted by molar-refractivity contribution is 7.88. The predicted molar refractivity (Wildman–Crippen MR) is 57.0 cm³/mol. The monoisotopic (exact) mass is 248 g/mol. The summed E-state index contributed by atoms with van der Waals surface area (Å²) >= 11 is 1.49. The van der Waals surface area contributed by atoms with E-state index >= 15 is 0 Å². The highest BCUT2D eigenvalue weighted by atomic mass is 32.2. The standard InChI is InChI=1S/C8H12N2O3S2/c1-7-8(14-5-9-7)4-10-2-3-13-6-15(10,11)12/h5H,2-4,6H2,1H3. The number of hydrogen-bond acceptors (Lipinski definition) is 5. The maximum absolute atomic E-state index is 11.6. The van der Waals surface area contributed by atoms with Gasteiger partial charge in [-0.25, -0.2) is 13.4 Å². The SMILES string of the molecule is Cc1ncsc1CN1CCOCS1(=O)=O. The van der Waals surface area contributed by atoms with E-state index in [0.29, 0.717) is 19.7 Å². The summed E-state index contributed by atoms with van der Waals surface area (Å²) in [6.45, 7) is 3.21. The van der Waals surface area contributed by atoms with Crippen molar-refractivity contribution in [1.82, 2.24) is 9.29 Å². The molecule has 1 aromatic heterocycles. The third-order valence-corrected chi connectivity index (χ3v) is 4.76. The minimum Gasteiger partial charge on any atom is -0.363 e. The van der Waals surface area contributed by atoms with Gasteiger partial charge < -0.3 is 4.74 Å². The van der Waals surface area contributed by atoms with Crippen LogP contribution in [-0.2, 0) is 21.3 Å². The Bertz CT molecular complexity index is 440. The van der Waals surface area contributed by atoms with Crippen LogP contribution in [0.3, 0.4) is 0 Å². The molecular weight excluding hydrogens is 236 g/mol. The Morgan fingerprint density at radius 3 is 3.07 bits per heavy atom. The molecule has 0 bridgehead atoms. The first kappa shape index (κ1) is 11.0. The number of nitrogens with zero attached hydrogens (tertiary/aromatic N) is 2. The minimum absolute atomic E-state index is 0.204. The molecule has 0 amide bonds. The number of sulfonamides is 1. The molecule has 1 saturated heterocycles. The smallest absolute Gasteiger partial charge is 0.238 e. The largest absolute Gasteiger partial charge is 0.363 e. The molecule has 0 aromatic carbocycles. The van der Waals surface area contributed by atoms with Gasteiger partial charge in [-0.15, -0.1) is 11.3 Å². The summed E-state index contributed by atoms with van der Waals surface area (Å²) in [5, 5.41) is 0. The van der Waals surface area contributed by atoms with Gasteiger partial charge in [0.15, 0.2) is 5.94 Å². The number of ether oxygens (including phenoxy) is 1. The van der Waals surface area contributed by atoms with Crippen molar-refractivity contribution in [2.75, 3.05) is 19.1 Å². The maximum Gasteiger partial charge on any atom is 0.238 e. The third-order valence-electron chi connectivity index (χ3n) is 2.28. The molecule has 2 heterocycles. The van der Waals surface area contributed by atoms with Gasteiger partial charge in [-0.3, -0.25) is 0 Å². The molecule has 84 valence electrons. The van der Waals surface area contributed by atoms with Crippen LogP contribution in [0.25, 0.3) is 0 Å². The Balaban J connectivity index is 2.15. The third kappa shape index (κ3) is 2.36. The highest BCUT2D eigenvalue weighted by Gasteiger charge is 2.27. The second-order valence-electron chi connectivity index (χ2n) is 3.33. The van der Waals surface area contributed by atoms with Crippen LogP contribution in [0.4, 0.5) is 0 Å². The van der Waals surface area contributed by atoms with Gasteiger partial charge in [0.25, 0.3) is 0 Å². The fraction of sp³-hybridized carbons (Fsp3) is 0.625. The number of thiazole rings is 1. The molecule has 0 saturated carbocycles. The van der Waals surface area contributed by atoms with E-state index in [1.165, 1.54) is 15.6 Å². The van der Waals surface area contributed by atoms with E-state index in [9.17, 15) is 8.42 Å². The molecular formula is C8H12N2O3S2. The predicted octanol–water partition coefficient (Wildman–Crippen LogP) is 0.571. The van der Waals surface area contributed by atoms with Crippen molar-refractivity contribution in [3.63, 3.8) is 0 Å². The molecule has 0 unspecified atom stereocenters. The quantitative estimate of drug-likeness (QED) is 0.768. The van der Waals surface area contributed by atoms with E-state index in [4.69, 9.17) is 4.74 Å². The van der Waals surface area contributed by atoms with E-state index in [-0.39, 0.29) is 5.94 Å². The van der Waals surface area contributed by atoms with Crippen molar-refractivity contribution in [3.05, 3.63) is 16.1 Å². The fourth-order valence-electron chi connectivity index (χ4n) is 1.36. The molecule has 1 aromatic rings. The summed E-state index contributed by atoms with van der Waals surface area (Å²) in [4.78, 5) is 5.10. The van der Waals surface area contributed by atoms with E-state index in [1.54, 1.807) is 5.51 Å². The summed E-state index contributed by atoms with van der Waals surface area (Å²) in [6.07, 6.45) is 0. The van der Waals surface area contributed by atoms with Crippen LogP contribution >= 0.6 is 11.3 Å². The van der Waals surface area contributed by atoms with Crippen LogP contribution in [0.5, 0.6) is 0 Å². The zero-order chi connectivity index (χ0) is 10.9. The van der Waals surface area contributed by atoms with Crippen LogP contribution in [0.15, 0.2) is 5.51 Å². The topological polar surface area (TPSA) is 59.5 Å². The van der Waals surface area contributed by atoms with Gasteiger partial charge in [0.05, 0.1) is 24.4 Å². The molecule has 0 aliphatic carbocycles. The van der Waals surface area contributed by atoms with E-state index < -0.39 is 10.0 Å². The summed E-state index contributed by atoms with van der Waals surface area (Å²) in [5.41, 5.74) is 2.64. The van der Waals surface area contributed by atoms with Crippen molar-refractivity contribution in [2.24, 2.45) is 0 Å². The maximum atomic E-state index is 11.6. The Hall–Kier alpha value is -0.500. The highest BCUT2D eigenvalue weighted by Crippen LogP contribution is 2.18. The van der Waals surface area contributed by atoms with Crippen LogP contribution < -0.4 is 0 Å². The average Bonchev–Trinajstić information content (AvgIpc) is 2.56. The first-order chi connectivity index (χ1) is 7.09. The van der Waals surface area contributed by atoms with Crippen molar-refractivity contribution < 1.29 is 13.2 Å². The molecule has 0 atom stereocenters. The van der Waals surface area contributed by atoms with Crippen LogP contribution in [0, 0.1) is 6.92 Å². The summed E-state index contributed by atoms with van der Waals surface area (Å²) in [6, 6.07) is 0. The zero-order valence-corrected chi connectivity index (χ0v) is 9.97. The van der Waals surface area contributed by atoms with Gasteiger partial charge in [0, 0.05) is 11.4 Å². The van der Waals surface area contributed by atoms with E-state index in [1.807, 2.05) is 6.92 Å². The van der Waals surface area contributed by atoms with Crippen LogP contribution in [0.2, 0.25) is 0 Å². The van der Waals surface area contributed by atoms with Crippen molar-refractivity contribution in [3.8, 4) is 0 Å². The molecule has 15 heavy (non-hydrogen) atoms. The van der Waals surface area contributed by atoms with Gasteiger partial charge in [0.2, 0.25) is 10.0 Å². The fourth-order valence-corrected chi connectivity index (χ4v) is 3.39. The minimum atomic E-state index is -3.23. The lowest BCUT2D eigenvalue weighted by atomic mass is 10.4. The van der Waals surface area contributed by atoms with Gasteiger partial charge in [-0.1, -0.05) is 0 Å². The van der Waals surface area contributed by atoms with Crippen molar-refractivity contribution in [1.29, 1.82) is 0 Å². The molecule has 0 N–H and O–H groups in total. The lowest BCUT2D eigenvalue weighted by molar-refractivity contribution is 0.130. The van der Waals surface area contributed by atoms with Crippen molar-refractivity contribution in [2.45, 2.75) is 13.5 Å². The van der Waals surface area contributed by atoms with Gasteiger partial charge in [-0.2, -0.15) is 4.31 Å². The van der Waals surface area contributed by atoms with Gasteiger partial charge in [-0.05, 0) is 6.92 Å². The number of rotatable bonds is 2. The Kier molecular flexibility index (Phi) is 3.06. The lowest BCUT2D eigenvalue weighted by Gasteiger charge is -2.25. The summed E-state index contributed by atoms with van der Waals surface area (Å²) < 4.78 is 29.6. The van der Waals surface area contributed by atoms with Crippen LogP contribution in [-0.4, -0.2) is 36.8 Å². The molecule has 1 aliphatic rings. The molecule has 0 radical (unpaired) electrons. The molecule has 7 heteroatoms. The molecule has 0 spiro atoms. The number of aryl methyl sites for hydroxylation is 1. The summed E-state index contributed by atoms with van der Waals surface area (Å²) in [5.74, 6) is -0.204. The Morgan fingerprint density at radius 2 is 2.47 bits per heavy atom. The number of hydrogen-bond donors (Lipinski definition) is 0. The number of aromatic nitrogens is 1. The van der Waals surface area contributed by atoms with E-state index in [2.05, 4.69) is 4.98 Å². The van der Waals surface area contributed by atoms with Crippen molar-refractivity contribution >= 4 is 21.4 Å². The Labute approximate surface area is 92.7 Å². The average molecular weight is 248 g/mol. The second kappa shape index (κ2) is 4.17. The second-order valence-corrected chi connectivity index (χ2v) is 6.19. The van der Waals surface area contributed by atoms with Gasteiger partial charge in [0.1, 0.15) is 0 Å². The normalized spacial score (nSPS) is 21.7. The Morgan fingerprint density at radius 1 is 1.67 bits per heavy atom. The van der Waals surface area contributed by atoms with E-state index in [0.717, 1.165) is 10.6 Å². The first-order valence-corrected chi connectivity index (χ1v) is 7.03. The van der Waals surface area contributed by atoms with Crippen LogP contribution in [0.1, 0.15) is 10.6 Å². The van der Waals surface area contributed by atoms with Gasteiger partial charge >= 0.3 is 0 Å². The zero-order valence-electron chi connectivity index (χ0n) is 8.34. The first-order valence-electron chi connectivity index (χ1n) is 4.54. The molecule has 5 nitrogen and oxygen atoms in total.